The van der Waals surface area contributed by atoms with Gasteiger partial charge in [-0.1, -0.05) is 55.3 Å². The van der Waals surface area contributed by atoms with Gasteiger partial charge in [-0.3, -0.25) is 0 Å². The fraction of sp³-hybridized carbons (Fsp3) is 0.619. The topological polar surface area (TPSA) is 73.5 Å². The van der Waals surface area contributed by atoms with Crippen molar-refractivity contribution in [3.8, 4) is 0 Å². The number of carbonyl (C=O) groups is 2. The minimum absolute atomic E-state index is 0.0913. The summed E-state index contributed by atoms with van der Waals surface area (Å²) in [5.74, 6) is 0.254. The lowest BCUT2D eigenvalue weighted by atomic mass is 9.97. The van der Waals surface area contributed by atoms with E-state index in [1.165, 1.54) is 32.1 Å². The van der Waals surface area contributed by atoms with Crippen LogP contribution in [0, 0.1) is 5.92 Å². The van der Waals surface area contributed by atoms with Gasteiger partial charge < -0.3 is 20.9 Å². The second-order valence-electron chi connectivity index (χ2n) is 8.05. The molecule has 1 atom stereocenters. The van der Waals surface area contributed by atoms with Gasteiger partial charge >= 0.3 is 12.1 Å². The smallest absolute Gasteiger partial charge is 0.321 e. The largest absolute Gasteiger partial charge is 0.338 e. The van der Waals surface area contributed by atoms with Crippen LogP contribution in [-0.2, 0) is 0 Å². The Kier molecular flexibility index (Phi) is 8.30. The Morgan fingerprint density at radius 1 is 1.03 bits per heavy atom. The molecule has 3 N–H and O–H groups in total. The zero-order valence-electron chi connectivity index (χ0n) is 16.7. The van der Waals surface area contributed by atoms with Crippen LogP contribution in [0.5, 0.6) is 0 Å². The van der Waals surface area contributed by atoms with Crippen LogP contribution in [0.25, 0.3) is 0 Å². The summed E-state index contributed by atoms with van der Waals surface area (Å²) < 4.78 is 0. The quantitative estimate of drug-likeness (QED) is 0.597. The van der Waals surface area contributed by atoms with Crippen LogP contribution in [0.2, 0.25) is 10.0 Å². The lowest BCUT2D eigenvalue weighted by Gasteiger charge is -2.22. The molecule has 1 aromatic rings. The van der Waals surface area contributed by atoms with E-state index >= 15 is 0 Å². The van der Waals surface area contributed by atoms with Crippen LogP contribution >= 0.6 is 23.2 Å². The minimum atomic E-state index is -0.185. The summed E-state index contributed by atoms with van der Waals surface area (Å²) >= 11 is 12.0. The Labute approximate surface area is 182 Å². The maximum absolute atomic E-state index is 12.5. The molecule has 0 aromatic heterocycles. The van der Waals surface area contributed by atoms with Gasteiger partial charge in [-0.25, -0.2) is 9.59 Å². The number of halogens is 2. The lowest BCUT2D eigenvalue weighted by molar-refractivity contribution is 0.220. The summed E-state index contributed by atoms with van der Waals surface area (Å²) in [6.45, 7) is 1.85. The van der Waals surface area contributed by atoms with Crippen LogP contribution in [0.3, 0.4) is 0 Å². The number of amides is 4. The first kappa shape index (κ1) is 22.0. The van der Waals surface area contributed by atoms with Crippen molar-refractivity contribution in [3.63, 3.8) is 0 Å². The summed E-state index contributed by atoms with van der Waals surface area (Å²) in [6.07, 6.45) is 9.23. The predicted molar refractivity (Wildman–Crippen MR) is 118 cm³/mol. The average molecular weight is 441 g/mol. The maximum atomic E-state index is 12.5. The highest BCUT2D eigenvalue weighted by atomic mass is 35.5. The van der Waals surface area contributed by atoms with Crippen molar-refractivity contribution in [1.82, 2.24) is 15.5 Å². The first-order valence-corrected chi connectivity index (χ1v) is 11.3. The number of likely N-dealkylation sites (tertiary alicyclic amines) is 1. The van der Waals surface area contributed by atoms with Crippen molar-refractivity contribution < 1.29 is 9.59 Å². The SMILES string of the molecule is O=C(NCC1CCN(C(=O)Nc2ccc(Cl)cc2Cl)C1)NC1CCCCCCC1. The molecule has 29 heavy (non-hydrogen) atoms. The molecular weight excluding hydrogens is 411 g/mol. The summed E-state index contributed by atoms with van der Waals surface area (Å²) in [4.78, 5) is 26.5. The molecule has 0 bridgehead atoms. The van der Waals surface area contributed by atoms with Crippen molar-refractivity contribution in [2.75, 3.05) is 25.0 Å². The van der Waals surface area contributed by atoms with E-state index in [0.29, 0.717) is 35.4 Å². The van der Waals surface area contributed by atoms with E-state index in [1.54, 1.807) is 23.1 Å². The van der Waals surface area contributed by atoms with Gasteiger partial charge in [0.1, 0.15) is 0 Å². The number of nitrogens with zero attached hydrogens (tertiary/aromatic N) is 1. The highest BCUT2D eigenvalue weighted by Crippen LogP contribution is 2.26. The molecule has 1 aliphatic carbocycles. The van der Waals surface area contributed by atoms with E-state index in [1.807, 2.05) is 0 Å². The molecule has 6 nitrogen and oxygen atoms in total. The number of carbonyl (C=O) groups excluding carboxylic acids is 2. The van der Waals surface area contributed by atoms with Crippen molar-refractivity contribution >= 4 is 41.0 Å². The summed E-state index contributed by atoms with van der Waals surface area (Å²) in [5, 5.41) is 9.87. The number of nitrogens with one attached hydrogen (secondary N) is 3. The van der Waals surface area contributed by atoms with E-state index in [4.69, 9.17) is 23.2 Å². The molecule has 8 heteroatoms. The molecule has 3 rings (SSSR count). The Bertz CT molecular complexity index is 708. The van der Waals surface area contributed by atoms with Gasteiger partial charge in [0.25, 0.3) is 0 Å². The van der Waals surface area contributed by atoms with Gasteiger partial charge in [0.15, 0.2) is 0 Å². The molecular formula is C21H30Cl2N4O2. The molecule has 160 valence electrons. The third-order valence-electron chi connectivity index (χ3n) is 5.74. The molecule has 1 saturated heterocycles. The van der Waals surface area contributed by atoms with Crippen molar-refractivity contribution in [3.05, 3.63) is 28.2 Å². The van der Waals surface area contributed by atoms with E-state index in [-0.39, 0.29) is 24.0 Å². The van der Waals surface area contributed by atoms with E-state index in [9.17, 15) is 9.59 Å². The Hall–Kier alpha value is -1.66. The maximum Gasteiger partial charge on any atom is 0.321 e. The van der Waals surface area contributed by atoms with Gasteiger partial charge in [-0.05, 0) is 43.4 Å². The average Bonchev–Trinajstić information content (AvgIpc) is 3.14. The molecule has 1 saturated carbocycles. The number of urea groups is 2. The van der Waals surface area contributed by atoms with Gasteiger partial charge in [0, 0.05) is 30.7 Å². The van der Waals surface area contributed by atoms with Crippen molar-refractivity contribution in [2.24, 2.45) is 5.92 Å². The molecule has 2 aliphatic rings. The van der Waals surface area contributed by atoms with Gasteiger partial charge in [0.2, 0.25) is 0 Å². The third-order valence-corrected chi connectivity index (χ3v) is 6.29. The molecule has 1 aromatic carbocycles. The third kappa shape index (κ3) is 6.96. The fourth-order valence-corrected chi connectivity index (χ4v) is 4.50. The number of hydrogen-bond acceptors (Lipinski definition) is 2. The van der Waals surface area contributed by atoms with Crippen LogP contribution < -0.4 is 16.0 Å². The number of anilines is 1. The zero-order valence-corrected chi connectivity index (χ0v) is 18.2. The molecule has 0 spiro atoms. The van der Waals surface area contributed by atoms with E-state index in [2.05, 4.69) is 16.0 Å². The normalized spacial score (nSPS) is 20.6. The predicted octanol–water partition coefficient (Wildman–Crippen LogP) is 5.26. The second kappa shape index (κ2) is 10.9. The molecule has 1 heterocycles. The summed E-state index contributed by atoms with van der Waals surface area (Å²) in [7, 11) is 0. The number of benzene rings is 1. The lowest BCUT2D eigenvalue weighted by Crippen LogP contribution is -2.44. The monoisotopic (exact) mass is 440 g/mol. The molecule has 1 aliphatic heterocycles. The fourth-order valence-electron chi connectivity index (χ4n) is 4.04. The Morgan fingerprint density at radius 3 is 2.48 bits per heavy atom. The first-order valence-electron chi connectivity index (χ1n) is 10.6. The van der Waals surface area contributed by atoms with Crippen molar-refractivity contribution in [1.29, 1.82) is 0 Å². The summed E-state index contributed by atoms with van der Waals surface area (Å²) in [6, 6.07) is 4.99. The zero-order chi connectivity index (χ0) is 20.6. The van der Waals surface area contributed by atoms with Crippen LogP contribution in [0.15, 0.2) is 18.2 Å². The summed E-state index contributed by atoms with van der Waals surface area (Å²) in [5.41, 5.74) is 0.543. The highest BCUT2D eigenvalue weighted by Gasteiger charge is 2.27. The standard InChI is InChI=1S/C21H30Cl2N4O2/c22-16-8-9-19(18(23)12-16)26-21(29)27-11-10-15(14-27)13-24-20(28)25-17-6-4-2-1-3-5-7-17/h8-9,12,15,17H,1-7,10-11,13-14H2,(H,26,29)(H2,24,25,28). The molecule has 0 radical (unpaired) electrons. The van der Waals surface area contributed by atoms with Gasteiger partial charge in [-0.15, -0.1) is 0 Å². The van der Waals surface area contributed by atoms with Gasteiger partial charge in [-0.2, -0.15) is 0 Å². The second-order valence-corrected chi connectivity index (χ2v) is 8.90. The van der Waals surface area contributed by atoms with Crippen LogP contribution in [-0.4, -0.2) is 42.6 Å². The molecule has 1 unspecified atom stereocenters. The number of rotatable bonds is 4. The van der Waals surface area contributed by atoms with Crippen LogP contribution in [0.1, 0.15) is 51.4 Å². The van der Waals surface area contributed by atoms with E-state index < -0.39 is 0 Å². The van der Waals surface area contributed by atoms with Crippen molar-refractivity contribution in [2.45, 2.75) is 57.4 Å². The molecule has 4 amide bonds. The van der Waals surface area contributed by atoms with Crippen LogP contribution in [0.4, 0.5) is 15.3 Å². The Morgan fingerprint density at radius 2 is 1.76 bits per heavy atom. The minimum Gasteiger partial charge on any atom is -0.338 e. The van der Waals surface area contributed by atoms with E-state index in [0.717, 1.165) is 19.3 Å². The number of hydrogen-bond donors (Lipinski definition) is 3. The molecule has 2 fully saturated rings. The van der Waals surface area contributed by atoms with Gasteiger partial charge in [0.05, 0.1) is 10.7 Å². The Balaban J connectivity index is 1.38. The highest BCUT2D eigenvalue weighted by molar-refractivity contribution is 6.36. The first-order chi connectivity index (χ1) is 14.0.